The number of benzene rings is 2. The van der Waals surface area contributed by atoms with Crippen LogP contribution in [0.5, 0.6) is 0 Å². The molecule has 2 heteroatoms. The summed E-state index contributed by atoms with van der Waals surface area (Å²) in [5, 5.41) is 0. The Hall–Kier alpha value is -1.41. The average molecular weight is 255 g/mol. The first-order valence-electron chi connectivity index (χ1n) is 6.41. The maximum absolute atomic E-state index is 2.44. The van der Waals surface area contributed by atoms with Crippen molar-refractivity contribution in [1.29, 1.82) is 0 Å². The van der Waals surface area contributed by atoms with E-state index in [9.17, 15) is 0 Å². The molecule has 0 fully saturated rings. The van der Waals surface area contributed by atoms with Crippen LogP contribution in [0.4, 0.5) is 5.69 Å². The van der Waals surface area contributed by atoms with E-state index < -0.39 is 0 Å². The minimum Gasteiger partial charge on any atom is -0.358 e. The molecule has 0 N–H and O–H groups in total. The number of rotatable bonds is 2. The van der Waals surface area contributed by atoms with E-state index in [1.54, 1.807) is 0 Å². The SMILES string of the molecule is CCc1ccc(N2CSc3ccccc3C2)cc1. The topological polar surface area (TPSA) is 3.24 Å². The zero-order chi connectivity index (χ0) is 12.4. The van der Waals surface area contributed by atoms with Gasteiger partial charge in [0.1, 0.15) is 0 Å². The van der Waals surface area contributed by atoms with Gasteiger partial charge in [-0.1, -0.05) is 37.3 Å². The molecule has 0 unspecified atom stereocenters. The van der Waals surface area contributed by atoms with Gasteiger partial charge >= 0.3 is 0 Å². The third-order valence-corrected chi connectivity index (χ3v) is 4.57. The van der Waals surface area contributed by atoms with Gasteiger partial charge in [-0.15, -0.1) is 11.8 Å². The minimum absolute atomic E-state index is 1.02. The summed E-state index contributed by atoms with van der Waals surface area (Å²) in [7, 11) is 0. The molecule has 0 amide bonds. The van der Waals surface area contributed by atoms with E-state index in [0.717, 1.165) is 18.8 Å². The van der Waals surface area contributed by atoms with Gasteiger partial charge in [0, 0.05) is 17.1 Å². The lowest BCUT2D eigenvalue weighted by molar-refractivity contribution is 0.865. The predicted octanol–water partition coefficient (Wildman–Crippen LogP) is 4.32. The van der Waals surface area contributed by atoms with Crippen LogP contribution < -0.4 is 4.90 Å². The minimum atomic E-state index is 1.02. The Morgan fingerprint density at radius 1 is 1.06 bits per heavy atom. The van der Waals surface area contributed by atoms with E-state index in [-0.39, 0.29) is 0 Å². The normalized spacial score (nSPS) is 14.4. The van der Waals surface area contributed by atoms with Crippen LogP contribution in [0, 0.1) is 0 Å². The van der Waals surface area contributed by atoms with Crippen molar-refractivity contribution in [2.45, 2.75) is 24.8 Å². The standard InChI is InChI=1S/C16H17NS/c1-2-13-7-9-15(10-8-13)17-11-14-5-3-4-6-16(14)18-12-17/h3-10H,2,11-12H2,1H3. The Morgan fingerprint density at radius 3 is 2.61 bits per heavy atom. The molecule has 18 heavy (non-hydrogen) atoms. The maximum atomic E-state index is 2.44. The van der Waals surface area contributed by atoms with Gasteiger partial charge in [0.15, 0.2) is 0 Å². The van der Waals surface area contributed by atoms with Crippen LogP contribution in [0.15, 0.2) is 53.4 Å². The fourth-order valence-electron chi connectivity index (χ4n) is 2.28. The second kappa shape index (κ2) is 5.07. The van der Waals surface area contributed by atoms with Crippen LogP contribution in [0.25, 0.3) is 0 Å². The van der Waals surface area contributed by atoms with E-state index >= 15 is 0 Å². The van der Waals surface area contributed by atoms with Crippen molar-refractivity contribution < 1.29 is 0 Å². The first-order valence-corrected chi connectivity index (χ1v) is 7.40. The summed E-state index contributed by atoms with van der Waals surface area (Å²) < 4.78 is 0. The molecule has 1 aliphatic rings. The number of fused-ring (bicyclic) bond motifs is 1. The van der Waals surface area contributed by atoms with Gasteiger partial charge in [-0.25, -0.2) is 0 Å². The van der Waals surface area contributed by atoms with Gasteiger partial charge in [-0.05, 0) is 35.7 Å². The third-order valence-electron chi connectivity index (χ3n) is 3.42. The quantitative estimate of drug-likeness (QED) is 0.786. The molecule has 0 aliphatic carbocycles. The second-order valence-corrected chi connectivity index (χ2v) is 5.59. The van der Waals surface area contributed by atoms with Gasteiger partial charge in [-0.3, -0.25) is 0 Å². The van der Waals surface area contributed by atoms with Crippen molar-refractivity contribution in [2.24, 2.45) is 0 Å². The van der Waals surface area contributed by atoms with Gasteiger partial charge in [0.2, 0.25) is 0 Å². The van der Waals surface area contributed by atoms with Crippen LogP contribution in [-0.2, 0) is 13.0 Å². The Bertz CT molecular complexity index is 533. The summed E-state index contributed by atoms with van der Waals surface area (Å²) in [6.07, 6.45) is 1.11. The monoisotopic (exact) mass is 255 g/mol. The second-order valence-electron chi connectivity index (χ2n) is 4.60. The van der Waals surface area contributed by atoms with Gasteiger partial charge < -0.3 is 4.90 Å². The zero-order valence-corrected chi connectivity index (χ0v) is 11.4. The molecule has 2 aromatic carbocycles. The van der Waals surface area contributed by atoms with Gasteiger partial charge in [-0.2, -0.15) is 0 Å². The maximum Gasteiger partial charge on any atom is 0.0689 e. The van der Waals surface area contributed by atoms with Crippen molar-refractivity contribution in [2.75, 3.05) is 10.8 Å². The predicted molar refractivity (Wildman–Crippen MR) is 79.2 cm³/mol. The highest BCUT2D eigenvalue weighted by Gasteiger charge is 2.16. The Balaban J connectivity index is 1.82. The third kappa shape index (κ3) is 2.25. The molecule has 1 nitrogen and oxygen atoms in total. The lowest BCUT2D eigenvalue weighted by Crippen LogP contribution is -2.25. The van der Waals surface area contributed by atoms with Crippen molar-refractivity contribution >= 4 is 17.4 Å². The Kier molecular flexibility index (Phi) is 3.28. The molecule has 0 saturated carbocycles. The Labute approximate surface area is 113 Å². The zero-order valence-electron chi connectivity index (χ0n) is 10.6. The number of nitrogens with zero attached hydrogens (tertiary/aromatic N) is 1. The van der Waals surface area contributed by atoms with E-state index in [2.05, 4.69) is 60.4 Å². The Morgan fingerprint density at radius 2 is 1.83 bits per heavy atom. The van der Waals surface area contributed by atoms with E-state index in [0.29, 0.717) is 0 Å². The molecule has 0 bridgehead atoms. The fourth-order valence-corrected chi connectivity index (χ4v) is 3.31. The van der Waals surface area contributed by atoms with Crippen LogP contribution in [0.1, 0.15) is 18.1 Å². The summed E-state index contributed by atoms with van der Waals surface area (Å²) in [6.45, 7) is 3.22. The van der Waals surface area contributed by atoms with Crippen molar-refractivity contribution in [1.82, 2.24) is 0 Å². The summed E-state index contributed by atoms with van der Waals surface area (Å²) in [5.74, 6) is 1.04. The molecule has 3 rings (SSSR count). The molecule has 0 aromatic heterocycles. The highest BCUT2D eigenvalue weighted by molar-refractivity contribution is 7.99. The largest absolute Gasteiger partial charge is 0.358 e. The summed E-state index contributed by atoms with van der Waals surface area (Å²) in [4.78, 5) is 3.87. The van der Waals surface area contributed by atoms with Crippen LogP contribution in [0.3, 0.4) is 0 Å². The first-order chi connectivity index (χ1) is 8.86. The van der Waals surface area contributed by atoms with E-state index in [1.807, 2.05) is 11.8 Å². The molecular weight excluding hydrogens is 238 g/mol. The molecule has 2 aromatic rings. The molecular formula is C16H17NS. The highest BCUT2D eigenvalue weighted by atomic mass is 32.2. The number of aryl methyl sites for hydroxylation is 1. The van der Waals surface area contributed by atoms with Crippen LogP contribution in [-0.4, -0.2) is 5.88 Å². The molecule has 92 valence electrons. The lowest BCUT2D eigenvalue weighted by atomic mass is 10.1. The van der Waals surface area contributed by atoms with Crippen molar-refractivity contribution in [3.63, 3.8) is 0 Å². The summed E-state index contributed by atoms with van der Waals surface area (Å²) >= 11 is 1.93. The molecule has 1 aliphatic heterocycles. The molecule has 0 saturated heterocycles. The average Bonchev–Trinajstić information content (AvgIpc) is 2.47. The number of hydrogen-bond donors (Lipinski definition) is 0. The number of thioether (sulfide) groups is 1. The molecule has 1 heterocycles. The fraction of sp³-hybridized carbons (Fsp3) is 0.250. The lowest BCUT2D eigenvalue weighted by Gasteiger charge is -2.30. The van der Waals surface area contributed by atoms with Gasteiger partial charge in [0.05, 0.1) is 5.88 Å². The summed E-state index contributed by atoms with van der Waals surface area (Å²) in [5.41, 5.74) is 4.17. The molecule has 0 spiro atoms. The molecule has 0 radical (unpaired) electrons. The number of hydrogen-bond acceptors (Lipinski definition) is 2. The van der Waals surface area contributed by atoms with E-state index in [1.165, 1.54) is 21.7 Å². The number of anilines is 1. The van der Waals surface area contributed by atoms with E-state index in [4.69, 9.17) is 0 Å². The van der Waals surface area contributed by atoms with Gasteiger partial charge in [0.25, 0.3) is 0 Å². The smallest absolute Gasteiger partial charge is 0.0689 e. The van der Waals surface area contributed by atoms with Crippen LogP contribution >= 0.6 is 11.8 Å². The highest BCUT2D eigenvalue weighted by Crippen LogP contribution is 2.32. The first kappa shape index (κ1) is 11.7. The van der Waals surface area contributed by atoms with Crippen LogP contribution in [0.2, 0.25) is 0 Å². The van der Waals surface area contributed by atoms with Crippen molar-refractivity contribution in [3.8, 4) is 0 Å². The molecule has 0 atom stereocenters. The van der Waals surface area contributed by atoms with Crippen molar-refractivity contribution in [3.05, 3.63) is 59.7 Å². The summed E-state index contributed by atoms with van der Waals surface area (Å²) in [6, 6.07) is 17.7.